The van der Waals surface area contributed by atoms with Crippen molar-refractivity contribution in [2.45, 2.75) is 38.5 Å². The number of amides is 1. The number of hydrogen-bond donors (Lipinski definition) is 2. The summed E-state index contributed by atoms with van der Waals surface area (Å²) < 4.78 is 0. The average Bonchev–Trinajstić information content (AvgIpc) is 2.46. The molecule has 1 atom stereocenters. The van der Waals surface area contributed by atoms with Gasteiger partial charge in [-0.3, -0.25) is 9.69 Å². The largest absolute Gasteiger partial charge is 0.393 e. The van der Waals surface area contributed by atoms with Crippen molar-refractivity contribution in [3.8, 4) is 0 Å². The maximum atomic E-state index is 12.2. The normalized spacial score (nSPS) is 18.8. The highest BCUT2D eigenvalue weighted by Crippen LogP contribution is 2.15. The van der Waals surface area contributed by atoms with Gasteiger partial charge in [-0.1, -0.05) is 29.8 Å². The molecule has 1 fully saturated rings. The number of nitrogens with zero attached hydrogens (tertiary/aromatic N) is 1. The molecule has 2 rings (SSSR count). The van der Waals surface area contributed by atoms with E-state index in [-0.39, 0.29) is 18.1 Å². The van der Waals surface area contributed by atoms with E-state index in [2.05, 4.69) is 10.2 Å². The predicted octanol–water partition coefficient (Wildman–Crippen LogP) is 1.80. The Morgan fingerprint density at radius 3 is 2.75 bits per heavy atom. The van der Waals surface area contributed by atoms with Gasteiger partial charge in [0.15, 0.2) is 0 Å². The Bertz CT molecular complexity index is 459. The van der Waals surface area contributed by atoms with Crippen molar-refractivity contribution in [1.82, 2.24) is 10.2 Å². The second-order valence-electron chi connectivity index (χ2n) is 5.25. The summed E-state index contributed by atoms with van der Waals surface area (Å²) in [6, 6.07) is 7.33. The third-order valence-electron chi connectivity index (χ3n) is 3.84. The van der Waals surface area contributed by atoms with Crippen LogP contribution in [-0.4, -0.2) is 41.1 Å². The lowest BCUT2D eigenvalue weighted by Crippen LogP contribution is -2.48. The van der Waals surface area contributed by atoms with Gasteiger partial charge in [0.2, 0.25) is 5.91 Å². The monoisotopic (exact) mass is 296 g/mol. The van der Waals surface area contributed by atoms with Crippen molar-refractivity contribution in [3.63, 3.8) is 0 Å². The predicted molar refractivity (Wildman–Crippen MR) is 79.6 cm³/mol. The standard InChI is InChI=1S/C15H21ClN2O2/c1-11(18-8-6-13(19)7-9-18)15(20)17-10-12-4-2-3-5-14(12)16/h2-5,11,13,19H,6-10H2,1H3,(H,17,20). The molecule has 1 aliphatic heterocycles. The van der Waals surface area contributed by atoms with Crippen LogP contribution >= 0.6 is 11.6 Å². The minimum Gasteiger partial charge on any atom is -0.393 e. The van der Waals surface area contributed by atoms with Gasteiger partial charge in [0.05, 0.1) is 12.1 Å². The van der Waals surface area contributed by atoms with Crippen LogP contribution in [0, 0.1) is 0 Å². The molecule has 20 heavy (non-hydrogen) atoms. The van der Waals surface area contributed by atoms with Crippen LogP contribution in [0.15, 0.2) is 24.3 Å². The highest BCUT2D eigenvalue weighted by Gasteiger charge is 2.25. The zero-order chi connectivity index (χ0) is 14.5. The van der Waals surface area contributed by atoms with E-state index in [1.807, 2.05) is 31.2 Å². The van der Waals surface area contributed by atoms with Crippen LogP contribution < -0.4 is 5.32 Å². The van der Waals surface area contributed by atoms with E-state index in [9.17, 15) is 9.90 Å². The number of halogens is 1. The van der Waals surface area contributed by atoms with E-state index in [1.165, 1.54) is 0 Å². The molecule has 1 heterocycles. The molecule has 1 saturated heterocycles. The quantitative estimate of drug-likeness (QED) is 0.891. The first-order valence-electron chi connectivity index (χ1n) is 7.01. The molecule has 0 radical (unpaired) electrons. The zero-order valence-electron chi connectivity index (χ0n) is 11.7. The van der Waals surface area contributed by atoms with E-state index in [0.717, 1.165) is 31.5 Å². The Kier molecular flexibility index (Phi) is 5.40. The molecule has 5 heteroatoms. The first-order chi connectivity index (χ1) is 9.58. The molecule has 1 aromatic rings. The highest BCUT2D eigenvalue weighted by atomic mass is 35.5. The van der Waals surface area contributed by atoms with Crippen LogP contribution in [-0.2, 0) is 11.3 Å². The van der Waals surface area contributed by atoms with Gasteiger partial charge in [-0.05, 0) is 31.4 Å². The molecule has 1 aliphatic rings. The van der Waals surface area contributed by atoms with E-state index in [0.29, 0.717) is 11.6 Å². The lowest BCUT2D eigenvalue weighted by Gasteiger charge is -2.33. The number of likely N-dealkylation sites (tertiary alicyclic amines) is 1. The number of nitrogens with one attached hydrogen (secondary N) is 1. The van der Waals surface area contributed by atoms with Crippen LogP contribution in [0.3, 0.4) is 0 Å². The van der Waals surface area contributed by atoms with E-state index >= 15 is 0 Å². The molecule has 2 N–H and O–H groups in total. The van der Waals surface area contributed by atoms with Crippen molar-refractivity contribution < 1.29 is 9.90 Å². The number of rotatable bonds is 4. The molecular weight excluding hydrogens is 276 g/mol. The first-order valence-corrected chi connectivity index (χ1v) is 7.39. The molecule has 0 bridgehead atoms. The SMILES string of the molecule is CC(C(=O)NCc1ccccc1Cl)N1CCC(O)CC1. The van der Waals surface area contributed by atoms with E-state index in [4.69, 9.17) is 11.6 Å². The molecule has 1 unspecified atom stereocenters. The lowest BCUT2D eigenvalue weighted by atomic mass is 10.1. The summed E-state index contributed by atoms with van der Waals surface area (Å²) in [4.78, 5) is 14.3. The summed E-state index contributed by atoms with van der Waals surface area (Å²) in [6.07, 6.45) is 1.26. The Morgan fingerprint density at radius 1 is 1.45 bits per heavy atom. The second-order valence-corrected chi connectivity index (χ2v) is 5.66. The third kappa shape index (κ3) is 3.95. The van der Waals surface area contributed by atoms with Crippen LogP contribution in [0.1, 0.15) is 25.3 Å². The average molecular weight is 297 g/mol. The molecule has 0 aromatic heterocycles. The summed E-state index contributed by atoms with van der Waals surface area (Å²) in [6.45, 7) is 3.88. The topological polar surface area (TPSA) is 52.6 Å². The van der Waals surface area contributed by atoms with Crippen molar-refractivity contribution in [2.75, 3.05) is 13.1 Å². The van der Waals surface area contributed by atoms with Crippen LogP contribution in [0.25, 0.3) is 0 Å². The van der Waals surface area contributed by atoms with Gasteiger partial charge in [-0.2, -0.15) is 0 Å². The fourth-order valence-electron chi connectivity index (χ4n) is 2.41. The fourth-order valence-corrected chi connectivity index (χ4v) is 2.61. The molecule has 0 saturated carbocycles. The summed E-state index contributed by atoms with van der Waals surface area (Å²) in [5.41, 5.74) is 0.920. The molecule has 4 nitrogen and oxygen atoms in total. The van der Waals surface area contributed by atoms with Gasteiger partial charge < -0.3 is 10.4 Å². The smallest absolute Gasteiger partial charge is 0.237 e. The molecular formula is C15H21ClN2O2. The minimum absolute atomic E-state index is 0.00121. The van der Waals surface area contributed by atoms with Gasteiger partial charge in [0.1, 0.15) is 0 Å². The first kappa shape index (κ1) is 15.3. The maximum absolute atomic E-state index is 12.2. The van der Waals surface area contributed by atoms with E-state index < -0.39 is 0 Å². The maximum Gasteiger partial charge on any atom is 0.237 e. The number of aliphatic hydroxyl groups is 1. The van der Waals surface area contributed by atoms with E-state index in [1.54, 1.807) is 0 Å². The zero-order valence-corrected chi connectivity index (χ0v) is 12.4. The number of carbonyl (C=O) groups excluding carboxylic acids is 1. The van der Waals surface area contributed by atoms with Crippen LogP contribution in [0.2, 0.25) is 5.02 Å². The van der Waals surface area contributed by atoms with Gasteiger partial charge in [0.25, 0.3) is 0 Å². The molecule has 0 spiro atoms. The molecule has 1 amide bonds. The fraction of sp³-hybridized carbons (Fsp3) is 0.533. The van der Waals surface area contributed by atoms with Gasteiger partial charge in [-0.25, -0.2) is 0 Å². The number of carbonyl (C=O) groups is 1. The molecule has 1 aromatic carbocycles. The van der Waals surface area contributed by atoms with Gasteiger partial charge >= 0.3 is 0 Å². The Labute approximate surface area is 124 Å². The van der Waals surface area contributed by atoms with Crippen molar-refractivity contribution >= 4 is 17.5 Å². The van der Waals surface area contributed by atoms with Gasteiger partial charge in [-0.15, -0.1) is 0 Å². The number of hydrogen-bond acceptors (Lipinski definition) is 3. The van der Waals surface area contributed by atoms with Crippen LogP contribution in [0.4, 0.5) is 0 Å². The summed E-state index contributed by atoms with van der Waals surface area (Å²) >= 11 is 6.06. The van der Waals surface area contributed by atoms with Crippen molar-refractivity contribution in [1.29, 1.82) is 0 Å². The van der Waals surface area contributed by atoms with Gasteiger partial charge in [0, 0.05) is 24.7 Å². The lowest BCUT2D eigenvalue weighted by molar-refractivity contribution is -0.126. The van der Waals surface area contributed by atoms with Crippen molar-refractivity contribution in [3.05, 3.63) is 34.9 Å². The third-order valence-corrected chi connectivity index (χ3v) is 4.21. The molecule has 110 valence electrons. The van der Waals surface area contributed by atoms with Crippen molar-refractivity contribution in [2.24, 2.45) is 0 Å². The summed E-state index contributed by atoms with van der Waals surface area (Å²) in [5, 5.41) is 13.1. The second kappa shape index (κ2) is 7.07. The number of piperidine rings is 1. The molecule has 0 aliphatic carbocycles. The Hall–Kier alpha value is -1.10. The number of benzene rings is 1. The number of aliphatic hydroxyl groups excluding tert-OH is 1. The Morgan fingerprint density at radius 2 is 2.10 bits per heavy atom. The highest BCUT2D eigenvalue weighted by molar-refractivity contribution is 6.31. The Balaban J connectivity index is 1.84. The summed E-state index contributed by atoms with van der Waals surface area (Å²) in [7, 11) is 0. The minimum atomic E-state index is -0.218. The van der Waals surface area contributed by atoms with Crippen LogP contribution in [0.5, 0.6) is 0 Å². The summed E-state index contributed by atoms with van der Waals surface area (Å²) in [5.74, 6) is 0.00121.